The van der Waals surface area contributed by atoms with E-state index in [0.717, 1.165) is 24.2 Å². The molecular formula is C14H17Cl3N4. The van der Waals surface area contributed by atoms with Crippen LogP contribution in [0.25, 0.3) is 5.69 Å². The van der Waals surface area contributed by atoms with Crippen molar-refractivity contribution in [1.82, 2.24) is 20.3 Å². The molecule has 0 amide bonds. The molecule has 21 heavy (non-hydrogen) atoms. The van der Waals surface area contributed by atoms with Gasteiger partial charge >= 0.3 is 0 Å². The summed E-state index contributed by atoms with van der Waals surface area (Å²) in [6, 6.07) is 3.50. The first-order valence-corrected chi connectivity index (χ1v) is 7.93. The average Bonchev–Trinajstić information content (AvgIpc) is 2.88. The van der Waals surface area contributed by atoms with Gasteiger partial charge < -0.3 is 5.32 Å². The first-order valence-electron chi connectivity index (χ1n) is 6.80. The van der Waals surface area contributed by atoms with Gasteiger partial charge in [0.25, 0.3) is 0 Å². The highest BCUT2D eigenvalue weighted by Gasteiger charge is 2.20. The molecular weight excluding hydrogens is 331 g/mol. The molecule has 1 unspecified atom stereocenters. The van der Waals surface area contributed by atoms with Crippen LogP contribution in [-0.2, 0) is 6.42 Å². The van der Waals surface area contributed by atoms with Crippen molar-refractivity contribution in [2.45, 2.75) is 32.7 Å². The number of aromatic nitrogens is 3. The van der Waals surface area contributed by atoms with Crippen molar-refractivity contribution in [1.29, 1.82) is 0 Å². The summed E-state index contributed by atoms with van der Waals surface area (Å²) in [5, 5.41) is 13.2. The summed E-state index contributed by atoms with van der Waals surface area (Å²) in [5.41, 5.74) is 2.63. The summed E-state index contributed by atoms with van der Waals surface area (Å²) < 4.78 is 1.74. The van der Waals surface area contributed by atoms with Crippen molar-refractivity contribution in [3.63, 3.8) is 0 Å². The molecule has 0 saturated carbocycles. The van der Waals surface area contributed by atoms with Crippen molar-refractivity contribution in [2.24, 2.45) is 0 Å². The van der Waals surface area contributed by atoms with E-state index < -0.39 is 0 Å². The summed E-state index contributed by atoms with van der Waals surface area (Å²) in [7, 11) is 1.92. The Kier molecular flexibility index (Phi) is 5.49. The zero-order valence-corrected chi connectivity index (χ0v) is 14.4. The Balaban J connectivity index is 2.58. The molecule has 2 aromatic rings. The van der Waals surface area contributed by atoms with Gasteiger partial charge in [-0.15, -0.1) is 5.10 Å². The van der Waals surface area contributed by atoms with Gasteiger partial charge in [0, 0.05) is 0 Å². The average molecular weight is 348 g/mol. The topological polar surface area (TPSA) is 42.7 Å². The van der Waals surface area contributed by atoms with Crippen molar-refractivity contribution in [3.05, 3.63) is 38.6 Å². The largest absolute Gasteiger partial charge is 0.312 e. The molecule has 114 valence electrons. The second kappa shape index (κ2) is 6.97. The van der Waals surface area contributed by atoms with Crippen molar-refractivity contribution in [2.75, 3.05) is 7.05 Å². The lowest BCUT2D eigenvalue weighted by Gasteiger charge is -2.14. The molecule has 0 aliphatic carbocycles. The minimum absolute atomic E-state index is 0.162. The fourth-order valence-corrected chi connectivity index (χ4v) is 2.94. The molecule has 0 aliphatic rings. The molecule has 7 heteroatoms. The minimum Gasteiger partial charge on any atom is -0.312 e. The van der Waals surface area contributed by atoms with E-state index in [0.29, 0.717) is 20.8 Å². The molecule has 0 saturated heterocycles. The van der Waals surface area contributed by atoms with Crippen molar-refractivity contribution < 1.29 is 0 Å². The predicted octanol–water partition coefficient (Wildman–Crippen LogP) is 4.46. The monoisotopic (exact) mass is 346 g/mol. The van der Waals surface area contributed by atoms with Gasteiger partial charge in [0.15, 0.2) is 0 Å². The number of rotatable bonds is 5. The number of halogens is 3. The third kappa shape index (κ3) is 3.19. The quantitative estimate of drug-likeness (QED) is 0.812. The molecule has 1 atom stereocenters. The molecule has 4 nitrogen and oxygen atoms in total. The standard InChI is InChI=1S/C14H17Cl3N4/c1-4-11(18-3)14-12(5-2)21(20-19-14)13-7-9(16)8(15)6-10(13)17/h6-7,11,18H,4-5H2,1-3H3. The first kappa shape index (κ1) is 16.6. The number of hydrogen-bond acceptors (Lipinski definition) is 3. The van der Waals surface area contributed by atoms with Crippen LogP contribution in [0.5, 0.6) is 0 Å². The minimum atomic E-state index is 0.162. The van der Waals surface area contributed by atoms with Gasteiger partial charge in [-0.3, -0.25) is 0 Å². The fraction of sp³-hybridized carbons (Fsp3) is 0.429. The Morgan fingerprint density at radius 1 is 1.14 bits per heavy atom. The number of nitrogens with one attached hydrogen (secondary N) is 1. The maximum absolute atomic E-state index is 6.27. The van der Waals surface area contributed by atoms with Crippen LogP contribution in [-0.4, -0.2) is 22.0 Å². The van der Waals surface area contributed by atoms with Crippen LogP contribution in [0.1, 0.15) is 37.7 Å². The summed E-state index contributed by atoms with van der Waals surface area (Å²) in [6.45, 7) is 4.16. The Morgan fingerprint density at radius 3 is 2.38 bits per heavy atom. The summed E-state index contributed by atoms with van der Waals surface area (Å²) in [6.07, 6.45) is 1.72. The van der Waals surface area contributed by atoms with Gasteiger partial charge in [-0.1, -0.05) is 53.9 Å². The maximum Gasteiger partial charge on any atom is 0.103 e. The van der Waals surface area contributed by atoms with Crippen molar-refractivity contribution in [3.8, 4) is 5.69 Å². The normalized spacial score (nSPS) is 12.7. The second-order valence-electron chi connectivity index (χ2n) is 4.65. The molecule has 1 N–H and O–H groups in total. The lowest BCUT2D eigenvalue weighted by molar-refractivity contribution is 0.555. The lowest BCUT2D eigenvalue weighted by atomic mass is 10.1. The smallest absolute Gasteiger partial charge is 0.103 e. The highest BCUT2D eigenvalue weighted by atomic mass is 35.5. The van der Waals surface area contributed by atoms with Crippen LogP contribution in [0.2, 0.25) is 15.1 Å². The van der Waals surface area contributed by atoms with Crippen LogP contribution in [0, 0.1) is 0 Å². The molecule has 0 fully saturated rings. The molecule has 0 radical (unpaired) electrons. The Morgan fingerprint density at radius 2 is 1.81 bits per heavy atom. The van der Waals surface area contributed by atoms with Crippen molar-refractivity contribution >= 4 is 34.8 Å². The lowest BCUT2D eigenvalue weighted by Crippen LogP contribution is -2.17. The SMILES string of the molecule is CCc1c(C(CC)NC)nnn1-c1cc(Cl)c(Cl)cc1Cl. The van der Waals surface area contributed by atoms with Crippen LogP contribution >= 0.6 is 34.8 Å². The van der Waals surface area contributed by atoms with E-state index in [2.05, 4.69) is 29.5 Å². The van der Waals surface area contributed by atoms with Crippen LogP contribution in [0.3, 0.4) is 0 Å². The zero-order valence-electron chi connectivity index (χ0n) is 12.1. The molecule has 1 heterocycles. The Labute approximate surface area is 139 Å². The van der Waals surface area contributed by atoms with Gasteiger partial charge in [-0.05, 0) is 32.0 Å². The van der Waals surface area contributed by atoms with E-state index in [9.17, 15) is 0 Å². The van der Waals surface area contributed by atoms with Crippen LogP contribution < -0.4 is 5.32 Å². The molecule has 1 aromatic heterocycles. The van der Waals surface area contributed by atoms with E-state index in [-0.39, 0.29) is 6.04 Å². The Hall–Kier alpha value is -0.810. The number of nitrogens with zero attached hydrogens (tertiary/aromatic N) is 3. The molecule has 0 aliphatic heterocycles. The maximum atomic E-state index is 6.27. The van der Waals surface area contributed by atoms with Gasteiger partial charge in [-0.2, -0.15) is 0 Å². The summed E-state index contributed by atoms with van der Waals surface area (Å²) >= 11 is 18.3. The Bertz CT molecular complexity index is 635. The number of hydrogen-bond donors (Lipinski definition) is 1. The molecule has 0 bridgehead atoms. The van der Waals surface area contributed by atoms with E-state index in [1.807, 2.05) is 7.05 Å². The highest BCUT2D eigenvalue weighted by Crippen LogP contribution is 2.32. The van der Waals surface area contributed by atoms with E-state index in [1.165, 1.54) is 0 Å². The highest BCUT2D eigenvalue weighted by molar-refractivity contribution is 6.43. The molecule has 1 aromatic carbocycles. The molecule has 0 spiro atoms. The van der Waals surface area contributed by atoms with E-state index in [1.54, 1.807) is 16.8 Å². The third-order valence-corrected chi connectivity index (χ3v) is 4.46. The third-order valence-electron chi connectivity index (χ3n) is 3.43. The second-order valence-corrected chi connectivity index (χ2v) is 5.88. The number of benzene rings is 1. The molecule has 2 rings (SSSR count). The van der Waals surface area contributed by atoms with Gasteiger partial charge in [0.1, 0.15) is 5.69 Å². The van der Waals surface area contributed by atoms with Crippen LogP contribution in [0.15, 0.2) is 12.1 Å². The summed E-state index contributed by atoms with van der Waals surface area (Å²) in [5.74, 6) is 0. The van der Waals surface area contributed by atoms with Gasteiger partial charge in [-0.25, -0.2) is 4.68 Å². The zero-order chi connectivity index (χ0) is 15.6. The summed E-state index contributed by atoms with van der Waals surface area (Å²) in [4.78, 5) is 0. The van der Waals surface area contributed by atoms with E-state index >= 15 is 0 Å². The van der Waals surface area contributed by atoms with Gasteiger partial charge in [0.2, 0.25) is 0 Å². The fourth-order valence-electron chi connectivity index (χ4n) is 2.32. The van der Waals surface area contributed by atoms with Crippen LogP contribution in [0.4, 0.5) is 0 Å². The van der Waals surface area contributed by atoms with E-state index in [4.69, 9.17) is 34.8 Å². The first-order chi connectivity index (χ1) is 10.0. The van der Waals surface area contributed by atoms with Gasteiger partial charge in [0.05, 0.1) is 32.5 Å². The predicted molar refractivity (Wildman–Crippen MR) is 87.9 cm³/mol.